The third kappa shape index (κ3) is 3.11. The van der Waals surface area contributed by atoms with Crippen LogP contribution in [0.1, 0.15) is 80.0 Å². The van der Waals surface area contributed by atoms with E-state index >= 15 is 0 Å². The van der Waals surface area contributed by atoms with Crippen molar-refractivity contribution in [2.24, 2.45) is 0 Å². The molecule has 31 heavy (non-hydrogen) atoms. The van der Waals surface area contributed by atoms with Crippen molar-refractivity contribution >= 4 is 22.6 Å². The first kappa shape index (κ1) is 18.8. The first-order valence-corrected chi connectivity index (χ1v) is 11.4. The summed E-state index contributed by atoms with van der Waals surface area (Å²) in [7, 11) is 0. The molecule has 1 amide bonds. The molecular formula is C25H28N4O2. The van der Waals surface area contributed by atoms with Gasteiger partial charge in [-0.15, -0.1) is 0 Å². The lowest BCUT2D eigenvalue weighted by Crippen LogP contribution is -2.38. The number of amides is 1. The number of hydrogen-bond donors (Lipinski definition) is 0. The van der Waals surface area contributed by atoms with Crippen molar-refractivity contribution in [1.29, 1.82) is 0 Å². The van der Waals surface area contributed by atoms with Crippen molar-refractivity contribution in [3.63, 3.8) is 0 Å². The summed E-state index contributed by atoms with van der Waals surface area (Å²) in [6, 6.07) is 9.85. The molecule has 2 fully saturated rings. The Morgan fingerprint density at radius 1 is 1.10 bits per heavy atom. The first-order valence-electron chi connectivity index (χ1n) is 11.4. The molecule has 2 aliphatic carbocycles. The minimum Gasteiger partial charge on any atom is -0.490 e. The summed E-state index contributed by atoms with van der Waals surface area (Å²) in [6.07, 6.45) is 4.56. The molecule has 0 bridgehead atoms. The number of nitrogens with zero attached hydrogens (tertiary/aromatic N) is 4. The largest absolute Gasteiger partial charge is 0.490 e. The quantitative estimate of drug-likeness (QED) is 0.604. The van der Waals surface area contributed by atoms with Crippen LogP contribution >= 0.6 is 0 Å². The third-order valence-electron chi connectivity index (χ3n) is 6.48. The maximum absolute atomic E-state index is 14.0. The van der Waals surface area contributed by atoms with E-state index in [1.165, 1.54) is 0 Å². The lowest BCUT2D eigenvalue weighted by atomic mass is 10.0. The number of carbonyl (C=O) groups is 1. The average Bonchev–Trinajstić information content (AvgIpc) is 3.68. The van der Waals surface area contributed by atoms with E-state index < -0.39 is 0 Å². The number of rotatable bonds is 3. The number of para-hydroxylation sites is 2. The molecule has 2 aromatic heterocycles. The van der Waals surface area contributed by atoms with Gasteiger partial charge in [0.2, 0.25) is 0 Å². The Labute approximate surface area is 182 Å². The molecule has 1 aromatic carbocycles. The normalized spacial score (nSPS) is 18.7. The number of hydrogen-bond acceptors (Lipinski definition) is 4. The zero-order valence-electron chi connectivity index (χ0n) is 18.4. The van der Waals surface area contributed by atoms with E-state index in [0.717, 1.165) is 65.1 Å². The van der Waals surface area contributed by atoms with Crippen molar-refractivity contribution < 1.29 is 9.53 Å². The number of benzene rings is 1. The van der Waals surface area contributed by atoms with E-state index in [0.29, 0.717) is 25.0 Å². The van der Waals surface area contributed by atoms with Gasteiger partial charge in [-0.05, 0) is 64.7 Å². The van der Waals surface area contributed by atoms with Crippen LogP contribution in [0.3, 0.4) is 0 Å². The Hall–Kier alpha value is -2.89. The second-order valence-corrected chi connectivity index (χ2v) is 10.1. The van der Waals surface area contributed by atoms with Crippen LogP contribution in [0.15, 0.2) is 30.3 Å². The van der Waals surface area contributed by atoms with Gasteiger partial charge in [0.15, 0.2) is 5.65 Å². The molecule has 3 aliphatic rings. The van der Waals surface area contributed by atoms with Gasteiger partial charge in [-0.3, -0.25) is 4.79 Å². The highest BCUT2D eigenvalue weighted by molar-refractivity contribution is 6.14. The van der Waals surface area contributed by atoms with Crippen molar-refractivity contribution in [1.82, 2.24) is 14.8 Å². The number of fused-ring (bicyclic) bond motifs is 2. The second kappa shape index (κ2) is 6.55. The highest BCUT2D eigenvalue weighted by atomic mass is 16.5. The monoisotopic (exact) mass is 416 g/mol. The third-order valence-corrected chi connectivity index (χ3v) is 6.48. The van der Waals surface area contributed by atoms with Gasteiger partial charge in [-0.25, -0.2) is 9.67 Å². The molecule has 3 heterocycles. The molecular weight excluding hydrogens is 388 g/mol. The van der Waals surface area contributed by atoms with Crippen LogP contribution in [0.4, 0.5) is 5.69 Å². The van der Waals surface area contributed by atoms with Gasteiger partial charge in [0, 0.05) is 17.5 Å². The summed E-state index contributed by atoms with van der Waals surface area (Å²) in [5, 5.41) is 5.99. The Kier molecular flexibility index (Phi) is 3.98. The summed E-state index contributed by atoms with van der Waals surface area (Å²) >= 11 is 0. The average molecular weight is 417 g/mol. The van der Waals surface area contributed by atoms with E-state index in [1.54, 1.807) is 0 Å². The first-order chi connectivity index (χ1) is 14.9. The van der Waals surface area contributed by atoms with Crippen LogP contribution in [0.2, 0.25) is 0 Å². The molecule has 0 saturated heterocycles. The van der Waals surface area contributed by atoms with Gasteiger partial charge in [0.1, 0.15) is 12.4 Å². The lowest BCUT2D eigenvalue weighted by Gasteiger charge is -2.30. The summed E-state index contributed by atoms with van der Waals surface area (Å²) in [6.45, 7) is 7.51. The molecule has 0 atom stereocenters. The topological polar surface area (TPSA) is 60.2 Å². The lowest BCUT2D eigenvalue weighted by molar-refractivity contribution is 0.0978. The molecule has 0 unspecified atom stereocenters. The Bertz CT molecular complexity index is 1200. The maximum atomic E-state index is 14.0. The molecule has 0 N–H and O–H groups in total. The Balaban J connectivity index is 1.57. The van der Waals surface area contributed by atoms with E-state index in [4.69, 9.17) is 14.8 Å². The van der Waals surface area contributed by atoms with Crippen LogP contribution in [0.5, 0.6) is 5.75 Å². The number of anilines is 1. The molecule has 6 rings (SSSR count). The van der Waals surface area contributed by atoms with Gasteiger partial charge in [0.05, 0.1) is 34.4 Å². The fraction of sp³-hybridized carbons (Fsp3) is 0.480. The van der Waals surface area contributed by atoms with Crippen LogP contribution < -0.4 is 9.64 Å². The second-order valence-electron chi connectivity index (χ2n) is 10.1. The Morgan fingerprint density at radius 2 is 1.84 bits per heavy atom. The standard InChI is InChI=1S/C25H28N4O2/c1-25(2,3)29-23-21(22(27-29)16-10-11-16)17(14-18(26-23)15-8-9-15)24(30)28-12-13-31-20-7-5-4-6-19(20)28/h4-7,14-16H,8-13H2,1-3H3. The van der Waals surface area contributed by atoms with E-state index in [1.807, 2.05) is 33.8 Å². The van der Waals surface area contributed by atoms with Crippen molar-refractivity contribution in [2.45, 2.75) is 63.8 Å². The van der Waals surface area contributed by atoms with E-state index in [-0.39, 0.29) is 11.4 Å². The molecule has 6 nitrogen and oxygen atoms in total. The summed E-state index contributed by atoms with van der Waals surface area (Å²) < 4.78 is 7.84. The molecule has 6 heteroatoms. The fourth-order valence-corrected chi connectivity index (χ4v) is 4.55. The highest BCUT2D eigenvalue weighted by Gasteiger charge is 2.37. The molecule has 0 radical (unpaired) electrons. The van der Waals surface area contributed by atoms with Crippen molar-refractivity contribution in [3.05, 3.63) is 47.3 Å². The highest BCUT2D eigenvalue weighted by Crippen LogP contribution is 2.46. The van der Waals surface area contributed by atoms with Gasteiger partial charge >= 0.3 is 0 Å². The number of pyridine rings is 1. The predicted molar refractivity (Wildman–Crippen MR) is 120 cm³/mol. The van der Waals surface area contributed by atoms with E-state index in [2.05, 4.69) is 26.8 Å². The summed E-state index contributed by atoms with van der Waals surface area (Å²) in [4.78, 5) is 21.0. The van der Waals surface area contributed by atoms with Crippen LogP contribution in [0, 0.1) is 0 Å². The van der Waals surface area contributed by atoms with Gasteiger partial charge < -0.3 is 9.64 Å². The Morgan fingerprint density at radius 3 is 2.55 bits per heavy atom. The fourth-order valence-electron chi connectivity index (χ4n) is 4.55. The van der Waals surface area contributed by atoms with Crippen molar-refractivity contribution in [2.75, 3.05) is 18.1 Å². The number of ether oxygens (including phenoxy) is 1. The van der Waals surface area contributed by atoms with E-state index in [9.17, 15) is 4.79 Å². The summed E-state index contributed by atoms with van der Waals surface area (Å²) in [5.74, 6) is 1.69. The van der Waals surface area contributed by atoms with Crippen LogP contribution in [0.25, 0.3) is 11.0 Å². The molecule has 3 aromatic rings. The van der Waals surface area contributed by atoms with Crippen LogP contribution in [-0.4, -0.2) is 33.8 Å². The van der Waals surface area contributed by atoms with Crippen molar-refractivity contribution in [3.8, 4) is 5.75 Å². The number of aromatic nitrogens is 3. The minimum atomic E-state index is -0.202. The van der Waals surface area contributed by atoms with Crippen LogP contribution in [-0.2, 0) is 5.54 Å². The molecule has 2 saturated carbocycles. The van der Waals surface area contributed by atoms with Gasteiger partial charge in [-0.1, -0.05) is 12.1 Å². The van der Waals surface area contributed by atoms with Gasteiger partial charge in [-0.2, -0.15) is 5.10 Å². The SMILES string of the molecule is CC(C)(C)n1nc(C2CC2)c2c(C(=O)N3CCOc4ccccc43)cc(C3CC3)nc21. The smallest absolute Gasteiger partial charge is 0.259 e. The maximum Gasteiger partial charge on any atom is 0.259 e. The summed E-state index contributed by atoms with van der Waals surface area (Å²) in [5.41, 5.74) is 4.33. The zero-order chi connectivity index (χ0) is 21.3. The number of carbonyl (C=O) groups excluding carboxylic acids is 1. The predicted octanol–water partition coefficient (Wildman–Crippen LogP) is 4.98. The molecule has 160 valence electrons. The van der Waals surface area contributed by atoms with Gasteiger partial charge in [0.25, 0.3) is 5.91 Å². The zero-order valence-corrected chi connectivity index (χ0v) is 18.4. The minimum absolute atomic E-state index is 0.0282. The molecule has 1 aliphatic heterocycles. The molecule has 0 spiro atoms.